The van der Waals surface area contributed by atoms with Gasteiger partial charge in [0, 0.05) is 17.5 Å². The van der Waals surface area contributed by atoms with Crippen molar-refractivity contribution in [2.45, 2.75) is 38.1 Å². The van der Waals surface area contributed by atoms with Crippen molar-refractivity contribution >= 4 is 21.4 Å². The zero-order valence-electron chi connectivity index (χ0n) is 11.6. The molecule has 0 spiro atoms. The molecular weight excluding hydrogens is 296 g/mol. The van der Waals surface area contributed by atoms with Gasteiger partial charge in [0.1, 0.15) is 10.6 Å². The molecule has 0 aliphatic carbocycles. The molecule has 0 saturated carbocycles. The largest absolute Gasteiger partial charge is 0.360 e. The van der Waals surface area contributed by atoms with Crippen molar-refractivity contribution in [2.24, 2.45) is 0 Å². The zero-order chi connectivity index (χ0) is 14.5. The zero-order valence-corrected chi connectivity index (χ0v) is 13.2. The van der Waals surface area contributed by atoms with Crippen molar-refractivity contribution in [1.29, 1.82) is 0 Å². The molecule has 0 amide bonds. The maximum atomic E-state index is 12.9. The third-order valence-electron chi connectivity index (χ3n) is 3.76. The van der Waals surface area contributed by atoms with Crippen LogP contribution in [0.5, 0.6) is 0 Å². The summed E-state index contributed by atoms with van der Waals surface area (Å²) in [6.45, 7) is 5.73. The van der Waals surface area contributed by atoms with Crippen LogP contribution in [0.15, 0.2) is 20.9 Å². The molecule has 20 heavy (non-hydrogen) atoms. The van der Waals surface area contributed by atoms with Gasteiger partial charge in [-0.25, -0.2) is 8.42 Å². The molecule has 0 saturated heterocycles. The maximum absolute atomic E-state index is 12.9. The topological polar surface area (TPSA) is 63.4 Å². The highest BCUT2D eigenvalue weighted by Gasteiger charge is 2.37. The van der Waals surface area contributed by atoms with E-state index in [0.717, 1.165) is 12.0 Å². The minimum atomic E-state index is -3.57. The summed E-state index contributed by atoms with van der Waals surface area (Å²) < 4.78 is 32.3. The highest BCUT2D eigenvalue weighted by atomic mass is 32.2. The number of hydrogen-bond donors (Lipinski definition) is 0. The number of hydrogen-bond acceptors (Lipinski definition) is 5. The number of aromatic nitrogens is 1. The van der Waals surface area contributed by atoms with Crippen molar-refractivity contribution in [2.75, 3.05) is 6.54 Å². The fourth-order valence-corrected chi connectivity index (χ4v) is 5.64. The van der Waals surface area contributed by atoms with E-state index in [1.54, 1.807) is 29.5 Å². The lowest BCUT2D eigenvalue weighted by atomic mass is 10.0. The molecule has 2 aromatic heterocycles. The molecule has 1 atom stereocenters. The minimum absolute atomic E-state index is 0.149. The molecule has 0 unspecified atom stereocenters. The molecule has 0 bridgehead atoms. The minimum Gasteiger partial charge on any atom is -0.360 e. The normalized spacial score (nSPS) is 20.1. The van der Waals surface area contributed by atoms with E-state index in [1.807, 2.05) is 18.4 Å². The molecule has 7 heteroatoms. The van der Waals surface area contributed by atoms with Crippen LogP contribution in [-0.2, 0) is 16.4 Å². The molecule has 1 aliphatic heterocycles. The summed E-state index contributed by atoms with van der Waals surface area (Å²) in [5.41, 5.74) is 1.53. The first-order chi connectivity index (χ1) is 9.43. The summed E-state index contributed by atoms with van der Waals surface area (Å²) in [5, 5.41) is 5.78. The van der Waals surface area contributed by atoms with Crippen LogP contribution in [0.4, 0.5) is 0 Å². The highest BCUT2D eigenvalue weighted by molar-refractivity contribution is 7.89. The quantitative estimate of drug-likeness (QED) is 0.855. The van der Waals surface area contributed by atoms with Crippen molar-refractivity contribution in [3.8, 4) is 0 Å². The average molecular weight is 312 g/mol. The standard InChI is InChI=1S/C13H16N2O3S2/c1-8-13(10(3)18-14-8)20(16,17)15-6-4-12-11(9(15)2)5-7-19-12/h5,7,9H,4,6H2,1-3H3/t9-/m0/s1. The molecule has 1 aliphatic rings. The number of aryl methyl sites for hydroxylation is 2. The van der Waals surface area contributed by atoms with Gasteiger partial charge < -0.3 is 4.52 Å². The number of rotatable bonds is 2. The summed E-state index contributed by atoms with van der Waals surface area (Å²) in [4.78, 5) is 1.49. The Morgan fingerprint density at radius 2 is 2.20 bits per heavy atom. The molecule has 3 rings (SSSR count). The van der Waals surface area contributed by atoms with Crippen LogP contribution in [-0.4, -0.2) is 24.4 Å². The van der Waals surface area contributed by atoms with Crippen LogP contribution >= 0.6 is 11.3 Å². The van der Waals surface area contributed by atoms with Gasteiger partial charge in [0.15, 0.2) is 5.76 Å². The molecule has 2 aromatic rings. The smallest absolute Gasteiger partial charge is 0.249 e. The first-order valence-electron chi connectivity index (χ1n) is 6.44. The number of fused-ring (bicyclic) bond motifs is 1. The lowest BCUT2D eigenvalue weighted by Gasteiger charge is -2.32. The average Bonchev–Trinajstić information content (AvgIpc) is 2.97. The molecule has 5 nitrogen and oxygen atoms in total. The number of thiophene rings is 1. The fraction of sp³-hybridized carbons (Fsp3) is 0.462. The molecule has 0 radical (unpaired) electrons. The number of nitrogens with zero attached hydrogens (tertiary/aromatic N) is 2. The Hall–Kier alpha value is -1.18. The summed E-state index contributed by atoms with van der Waals surface area (Å²) in [5.74, 6) is 0.353. The Bertz CT molecular complexity index is 726. The summed E-state index contributed by atoms with van der Waals surface area (Å²) >= 11 is 1.69. The molecule has 0 N–H and O–H groups in total. The first kappa shape index (κ1) is 13.8. The Labute approximate surface area is 122 Å². The van der Waals surface area contributed by atoms with Crippen molar-refractivity contribution in [3.63, 3.8) is 0 Å². The summed E-state index contributed by atoms with van der Waals surface area (Å²) in [6, 6.07) is 1.86. The van der Waals surface area contributed by atoms with E-state index in [9.17, 15) is 8.42 Å². The van der Waals surface area contributed by atoms with Crippen LogP contribution in [0.25, 0.3) is 0 Å². The molecule has 3 heterocycles. The fourth-order valence-electron chi connectivity index (χ4n) is 2.77. The Balaban J connectivity index is 2.06. The predicted molar refractivity (Wildman–Crippen MR) is 76.3 cm³/mol. The van der Waals surface area contributed by atoms with Crippen LogP contribution in [0.2, 0.25) is 0 Å². The van der Waals surface area contributed by atoms with E-state index in [2.05, 4.69) is 5.16 Å². The second-order valence-electron chi connectivity index (χ2n) is 4.99. The van der Waals surface area contributed by atoms with Gasteiger partial charge in [0.25, 0.3) is 0 Å². The van der Waals surface area contributed by atoms with E-state index in [4.69, 9.17) is 4.52 Å². The second kappa shape index (κ2) is 4.68. The lowest BCUT2D eigenvalue weighted by molar-refractivity contribution is 0.328. The van der Waals surface area contributed by atoms with Gasteiger partial charge in [-0.1, -0.05) is 5.16 Å². The highest BCUT2D eigenvalue weighted by Crippen LogP contribution is 2.37. The van der Waals surface area contributed by atoms with Gasteiger partial charge in [-0.05, 0) is 44.2 Å². The van der Waals surface area contributed by atoms with E-state index < -0.39 is 10.0 Å². The van der Waals surface area contributed by atoms with Crippen LogP contribution in [0.1, 0.15) is 34.9 Å². The van der Waals surface area contributed by atoms with Crippen molar-refractivity contribution in [1.82, 2.24) is 9.46 Å². The van der Waals surface area contributed by atoms with Crippen LogP contribution in [0, 0.1) is 13.8 Å². The molecule has 108 valence electrons. The molecular formula is C13H16N2O3S2. The van der Waals surface area contributed by atoms with E-state index in [-0.39, 0.29) is 10.9 Å². The SMILES string of the molecule is Cc1noc(C)c1S(=O)(=O)N1CCc2sccc2[C@@H]1C. The van der Waals surface area contributed by atoms with E-state index in [0.29, 0.717) is 18.0 Å². The monoisotopic (exact) mass is 312 g/mol. The van der Waals surface area contributed by atoms with Gasteiger partial charge >= 0.3 is 0 Å². The van der Waals surface area contributed by atoms with Crippen LogP contribution in [0.3, 0.4) is 0 Å². The predicted octanol–water partition coefficient (Wildman–Crippen LogP) is 2.66. The lowest BCUT2D eigenvalue weighted by Crippen LogP contribution is -2.38. The van der Waals surface area contributed by atoms with E-state index >= 15 is 0 Å². The van der Waals surface area contributed by atoms with Gasteiger partial charge in [0.2, 0.25) is 10.0 Å². The van der Waals surface area contributed by atoms with Gasteiger partial charge in [-0.15, -0.1) is 11.3 Å². The third-order valence-corrected chi connectivity index (χ3v) is 6.97. The van der Waals surface area contributed by atoms with E-state index in [1.165, 1.54) is 4.88 Å². The van der Waals surface area contributed by atoms with Gasteiger partial charge in [-0.2, -0.15) is 4.31 Å². The van der Waals surface area contributed by atoms with Crippen molar-refractivity contribution < 1.29 is 12.9 Å². The third kappa shape index (κ3) is 1.92. The van der Waals surface area contributed by atoms with Crippen LogP contribution < -0.4 is 0 Å². The Morgan fingerprint density at radius 1 is 1.45 bits per heavy atom. The first-order valence-corrected chi connectivity index (χ1v) is 8.76. The van der Waals surface area contributed by atoms with Crippen molar-refractivity contribution in [3.05, 3.63) is 33.3 Å². The Kier molecular flexibility index (Phi) is 3.23. The number of sulfonamides is 1. The summed E-state index contributed by atoms with van der Waals surface area (Å²) in [7, 11) is -3.57. The Morgan fingerprint density at radius 3 is 2.85 bits per heavy atom. The maximum Gasteiger partial charge on any atom is 0.249 e. The van der Waals surface area contributed by atoms with Gasteiger partial charge in [-0.3, -0.25) is 0 Å². The van der Waals surface area contributed by atoms with Gasteiger partial charge in [0.05, 0.1) is 0 Å². The molecule has 0 aromatic carbocycles. The molecule has 0 fully saturated rings. The second-order valence-corrected chi connectivity index (χ2v) is 7.82. The summed E-state index contributed by atoms with van der Waals surface area (Å²) in [6.07, 6.45) is 0.764.